The summed E-state index contributed by atoms with van der Waals surface area (Å²) in [5.74, 6) is 0.173. The van der Waals surface area contributed by atoms with Crippen molar-refractivity contribution in [2.75, 3.05) is 23.1 Å². The fourth-order valence-electron chi connectivity index (χ4n) is 4.57. The second kappa shape index (κ2) is 9.15. The van der Waals surface area contributed by atoms with E-state index < -0.39 is 0 Å². The molecule has 7 nitrogen and oxygen atoms in total. The highest BCUT2D eigenvalue weighted by Crippen LogP contribution is 2.41. The molecule has 2 aromatic carbocycles. The lowest BCUT2D eigenvalue weighted by molar-refractivity contribution is -0.122. The summed E-state index contributed by atoms with van der Waals surface area (Å²) in [6.45, 7) is 0. The van der Waals surface area contributed by atoms with Gasteiger partial charge in [0, 0.05) is 0 Å². The molecule has 1 aliphatic heterocycles. The number of aromatic nitrogens is 1. The first-order valence-corrected chi connectivity index (χ1v) is 12.7. The van der Waals surface area contributed by atoms with Gasteiger partial charge in [0.05, 0.1) is 46.3 Å². The first-order valence-electron chi connectivity index (χ1n) is 10.9. The molecule has 1 aromatic heterocycles. The summed E-state index contributed by atoms with van der Waals surface area (Å²) in [6.07, 6.45) is 3.61. The zero-order valence-corrected chi connectivity index (χ0v) is 19.7. The molecule has 2 aliphatic rings. The molecule has 9 heteroatoms. The molecule has 0 spiro atoms. The number of para-hydroxylation sites is 2. The Morgan fingerprint density at radius 2 is 1.88 bits per heavy atom. The highest BCUT2D eigenvalue weighted by molar-refractivity contribution is 8.01. The van der Waals surface area contributed by atoms with Gasteiger partial charge in [-0.25, -0.2) is 4.98 Å². The lowest BCUT2D eigenvalue weighted by Gasteiger charge is -2.19. The number of thioether (sulfide) groups is 1. The van der Waals surface area contributed by atoms with E-state index in [-0.39, 0.29) is 35.3 Å². The number of anilines is 2. The van der Waals surface area contributed by atoms with Crippen molar-refractivity contribution in [3.05, 3.63) is 42.5 Å². The molecule has 5 rings (SSSR count). The van der Waals surface area contributed by atoms with Crippen LogP contribution in [0.1, 0.15) is 25.7 Å². The quantitative estimate of drug-likeness (QED) is 0.405. The van der Waals surface area contributed by atoms with Crippen LogP contribution in [0.2, 0.25) is 0 Å². The number of hydrogen-bond donors (Lipinski definition) is 1. The number of carbonyl (C=O) groups excluding carboxylic acids is 3. The minimum Gasteiger partial charge on any atom is -0.495 e. The topological polar surface area (TPSA) is 88.6 Å². The van der Waals surface area contributed by atoms with Crippen LogP contribution in [-0.4, -0.2) is 35.6 Å². The molecular weight excluding hydrogens is 458 g/mol. The highest BCUT2D eigenvalue weighted by Gasteiger charge is 2.48. The minimum absolute atomic E-state index is 0.0730. The molecule has 1 aliphatic carbocycles. The number of rotatable bonds is 6. The van der Waals surface area contributed by atoms with Crippen molar-refractivity contribution >= 4 is 62.4 Å². The monoisotopic (exact) mass is 481 g/mol. The van der Waals surface area contributed by atoms with Crippen LogP contribution in [-0.2, 0) is 14.4 Å². The van der Waals surface area contributed by atoms with Crippen molar-refractivity contribution < 1.29 is 19.1 Å². The first-order chi connectivity index (χ1) is 16.0. The Morgan fingerprint density at radius 1 is 1.15 bits per heavy atom. The molecule has 1 N–H and O–H groups in total. The average molecular weight is 482 g/mol. The fourth-order valence-corrected chi connectivity index (χ4v) is 6.47. The molecule has 0 radical (unpaired) electrons. The first kappa shape index (κ1) is 21.9. The lowest BCUT2D eigenvalue weighted by Crippen LogP contribution is -2.30. The van der Waals surface area contributed by atoms with Crippen LogP contribution >= 0.6 is 23.1 Å². The van der Waals surface area contributed by atoms with Gasteiger partial charge in [-0.2, -0.15) is 0 Å². The van der Waals surface area contributed by atoms with Crippen molar-refractivity contribution in [3.63, 3.8) is 0 Å². The number of fused-ring (bicyclic) bond motifs is 2. The van der Waals surface area contributed by atoms with Crippen molar-refractivity contribution in [2.45, 2.75) is 30.0 Å². The van der Waals surface area contributed by atoms with Gasteiger partial charge in [0.1, 0.15) is 5.75 Å². The number of thiazole rings is 1. The molecule has 170 valence electrons. The number of carbonyl (C=O) groups is 3. The van der Waals surface area contributed by atoms with Crippen molar-refractivity contribution in [3.8, 4) is 5.75 Å². The van der Waals surface area contributed by atoms with Crippen LogP contribution in [0.4, 0.5) is 11.4 Å². The van der Waals surface area contributed by atoms with Crippen LogP contribution in [0.25, 0.3) is 10.2 Å². The Labute approximate surface area is 199 Å². The van der Waals surface area contributed by atoms with E-state index >= 15 is 0 Å². The number of hydrogen-bond acceptors (Lipinski definition) is 7. The second-order valence-corrected chi connectivity index (χ2v) is 10.4. The maximum absolute atomic E-state index is 12.9. The maximum Gasteiger partial charge on any atom is 0.237 e. The summed E-state index contributed by atoms with van der Waals surface area (Å²) in [5.41, 5.74) is 2.02. The number of amides is 3. The predicted molar refractivity (Wildman–Crippen MR) is 130 cm³/mol. The van der Waals surface area contributed by atoms with Gasteiger partial charge < -0.3 is 10.1 Å². The van der Waals surface area contributed by atoms with E-state index in [1.54, 1.807) is 25.3 Å². The van der Waals surface area contributed by atoms with Gasteiger partial charge in [-0.05, 0) is 43.2 Å². The smallest absolute Gasteiger partial charge is 0.237 e. The zero-order chi connectivity index (χ0) is 22.9. The Bertz CT molecular complexity index is 1220. The third-order valence-electron chi connectivity index (χ3n) is 6.16. The second-order valence-electron chi connectivity index (χ2n) is 8.18. The van der Waals surface area contributed by atoms with Crippen LogP contribution in [0, 0.1) is 11.8 Å². The molecule has 1 saturated carbocycles. The van der Waals surface area contributed by atoms with Gasteiger partial charge in [-0.1, -0.05) is 36.7 Å². The molecule has 0 unspecified atom stereocenters. The molecule has 0 bridgehead atoms. The van der Waals surface area contributed by atoms with Gasteiger partial charge in [0.15, 0.2) is 4.34 Å². The number of nitrogens with one attached hydrogen (secondary N) is 1. The van der Waals surface area contributed by atoms with Crippen LogP contribution in [0.5, 0.6) is 5.75 Å². The third-order valence-corrected chi connectivity index (χ3v) is 8.32. The normalized spacial score (nSPS) is 20.2. The summed E-state index contributed by atoms with van der Waals surface area (Å²) < 4.78 is 6.90. The maximum atomic E-state index is 12.9. The number of benzene rings is 2. The molecule has 2 fully saturated rings. The summed E-state index contributed by atoms with van der Waals surface area (Å²) >= 11 is 2.80. The summed E-state index contributed by atoms with van der Waals surface area (Å²) in [6, 6.07) is 12.7. The number of methoxy groups -OCH3 is 1. The third kappa shape index (κ3) is 4.22. The van der Waals surface area contributed by atoms with Crippen LogP contribution in [0.15, 0.2) is 46.8 Å². The molecule has 1 saturated heterocycles. The summed E-state index contributed by atoms with van der Waals surface area (Å²) in [5, 5.41) is 2.86. The van der Waals surface area contributed by atoms with E-state index in [0.29, 0.717) is 17.1 Å². The van der Waals surface area contributed by atoms with Gasteiger partial charge >= 0.3 is 0 Å². The molecule has 2 atom stereocenters. The molecule has 2 heterocycles. The number of ether oxygens (including phenoxy) is 1. The predicted octanol–water partition coefficient (Wildman–Crippen LogP) is 4.72. The Kier molecular flexibility index (Phi) is 6.07. The van der Waals surface area contributed by atoms with E-state index in [0.717, 1.165) is 40.2 Å². The SMILES string of the molecule is COc1ccccc1NC(=O)CSc1nc2ccc(N3C(=O)[C@H]4CCCC[C@@H]4C3=O)cc2s1. The van der Waals surface area contributed by atoms with E-state index in [4.69, 9.17) is 4.74 Å². The fraction of sp³-hybridized carbons (Fsp3) is 0.333. The molecule has 3 aromatic rings. The number of nitrogens with zero attached hydrogens (tertiary/aromatic N) is 2. The Morgan fingerprint density at radius 3 is 2.61 bits per heavy atom. The number of imide groups is 1. The van der Waals surface area contributed by atoms with E-state index in [9.17, 15) is 14.4 Å². The molecular formula is C24H23N3O4S2. The minimum atomic E-state index is -0.170. The Balaban J connectivity index is 1.28. The van der Waals surface area contributed by atoms with Crippen molar-refractivity contribution in [1.29, 1.82) is 0 Å². The van der Waals surface area contributed by atoms with Gasteiger partial charge in [0.2, 0.25) is 17.7 Å². The van der Waals surface area contributed by atoms with E-state index in [2.05, 4.69) is 10.3 Å². The highest BCUT2D eigenvalue weighted by atomic mass is 32.2. The van der Waals surface area contributed by atoms with Crippen LogP contribution in [0.3, 0.4) is 0 Å². The van der Waals surface area contributed by atoms with Gasteiger partial charge in [-0.3, -0.25) is 19.3 Å². The van der Waals surface area contributed by atoms with E-state index in [1.807, 2.05) is 24.3 Å². The van der Waals surface area contributed by atoms with E-state index in [1.165, 1.54) is 28.0 Å². The summed E-state index contributed by atoms with van der Waals surface area (Å²) in [4.78, 5) is 44.2. The Hall–Kier alpha value is -2.91. The lowest BCUT2D eigenvalue weighted by atomic mass is 9.81. The largest absolute Gasteiger partial charge is 0.495 e. The van der Waals surface area contributed by atoms with Crippen molar-refractivity contribution in [2.24, 2.45) is 11.8 Å². The van der Waals surface area contributed by atoms with Gasteiger partial charge in [0.25, 0.3) is 0 Å². The standard InChI is InChI=1S/C24H23N3O4S2/c1-31-19-9-5-4-8-17(19)25-21(28)13-32-24-26-18-11-10-14(12-20(18)33-24)27-22(29)15-6-2-3-7-16(15)23(27)30/h4-5,8-12,15-16H,2-3,6-7,13H2,1H3,(H,25,28)/t15-,16-/m0/s1. The average Bonchev–Trinajstić information content (AvgIpc) is 3.36. The van der Waals surface area contributed by atoms with Gasteiger partial charge in [-0.15, -0.1) is 11.3 Å². The molecule has 3 amide bonds. The van der Waals surface area contributed by atoms with Crippen molar-refractivity contribution in [1.82, 2.24) is 4.98 Å². The zero-order valence-electron chi connectivity index (χ0n) is 18.1. The van der Waals surface area contributed by atoms with Crippen LogP contribution < -0.4 is 15.0 Å². The summed E-state index contributed by atoms with van der Waals surface area (Å²) in [7, 11) is 1.56. The molecule has 33 heavy (non-hydrogen) atoms.